The molecule has 0 amide bonds. The summed E-state index contributed by atoms with van der Waals surface area (Å²) in [5.74, 6) is 0. The monoisotopic (exact) mass is 922 g/mol. The molecule has 2 aliphatic rings. The molecule has 0 aliphatic carbocycles. The molecule has 60 heavy (non-hydrogen) atoms. The van der Waals surface area contributed by atoms with Crippen molar-refractivity contribution in [2.75, 3.05) is 0 Å². The lowest BCUT2D eigenvalue weighted by Crippen LogP contribution is -2.08. The van der Waals surface area contributed by atoms with E-state index in [1.165, 1.54) is 32.0 Å². The Morgan fingerprint density at radius 1 is 0.433 bits per heavy atom. The van der Waals surface area contributed by atoms with Gasteiger partial charge in [0.05, 0.1) is 31.6 Å². The number of hydrogen-bond acceptors (Lipinski definition) is 10. The van der Waals surface area contributed by atoms with E-state index in [0.29, 0.717) is 0 Å². The van der Waals surface area contributed by atoms with E-state index >= 15 is 0 Å². The van der Waals surface area contributed by atoms with E-state index in [1.807, 2.05) is 36.4 Å². The Hall–Kier alpha value is -4.24. The predicted octanol–water partition coefficient (Wildman–Crippen LogP) is 15.9. The largest absolute Gasteiger partial charge is 0.286 e. The van der Waals surface area contributed by atoms with Crippen molar-refractivity contribution in [3.05, 3.63) is 210 Å². The van der Waals surface area contributed by atoms with E-state index < -0.39 is 0 Å². The summed E-state index contributed by atoms with van der Waals surface area (Å²) in [4.78, 5) is 12.7. The van der Waals surface area contributed by atoms with Crippen molar-refractivity contribution in [2.45, 2.75) is 33.4 Å². The molecule has 0 saturated carbocycles. The second-order valence-electron chi connectivity index (χ2n) is 14.0. The van der Waals surface area contributed by atoms with E-state index in [0.717, 1.165) is 62.3 Å². The first-order valence-corrected chi connectivity index (χ1v) is 25.1. The van der Waals surface area contributed by atoms with Crippen molar-refractivity contribution in [3.63, 3.8) is 0 Å². The SMILES string of the molecule is S=c1sc2c(n1-c1ccc(CCc3ccc(-n4c5c(sc4=S)[C@@H](c4ccccc4)SC(=Nc4ccccc4)S5)cc3)cc1)SC(=Nc1ccccc1)S[C@@H]2c1ccccc1. The van der Waals surface area contributed by atoms with Crippen molar-refractivity contribution in [2.24, 2.45) is 9.98 Å². The van der Waals surface area contributed by atoms with Gasteiger partial charge in [0.25, 0.3) is 0 Å². The maximum Gasteiger partial charge on any atom is 0.166 e. The van der Waals surface area contributed by atoms with Crippen LogP contribution in [0, 0.1) is 7.91 Å². The van der Waals surface area contributed by atoms with Gasteiger partial charge in [0.15, 0.2) is 7.91 Å². The van der Waals surface area contributed by atoms with Gasteiger partial charge in [-0.2, -0.15) is 0 Å². The van der Waals surface area contributed by atoms with Crippen LogP contribution in [0.1, 0.15) is 42.5 Å². The molecule has 2 aromatic heterocycles. The Morgan fingerprint density at radius 3 is 1.15 bits per heavy atom. The zero-order valence-corrected chi connectivity index (χ0v) is 38.3. The zero-order valence-electron chi connectivity index (χ0n) is 31.8. The van der Waals surface area contributed by atoms with Crippen LogP contribution in [-0.4, -0.2) is 17.9 Å². The number of hydrogen-bond donors (Lipinski definition) is 0. The van der Waals surface area contributed by atoms with Gasteiger partial charge in [-0.25, -0.2) is 9.98 Å². The molecule has 0 spiro atoms. The van der Waals surface area contributed by atoms with Gasteiger partial charge >= 0.3 is 0 Å². The minimum Gasteiger partial charge on any atom is -0.286 e. The lowest BCUT2D eigenvalue weighted by atomic mass is 10.0. The number of aryl methyl sites for hydroxylation is 2. The predicted molar refractivity (Wildman–Crippen MR) is 267 cm³/mol. The van der Waals surface area contributed by atoms with E-state index in [9.17, 15) is 0 Å². The van der Waals surface area contributed by atoms with Crippen molar-refractivity contribution in [3.8, 4) is 11.4 Å². The molecule has 10 rings (SSSR count). The van der Waals surface area contributed by atoms with Crippen LogP contribution in [0.2, 0.25) is 0 Å². The fraction of sp³-hybridized carbons (Fsp3) is 0.0833. The fourth-order valence-electron chi connectivity index (χ4n) is 7.16. The van der Waals surface area contributed by atoms with Gasteiger partial charge in [-0.15, -0.1) is 22.7 Å². The maximum absolute atomic E-state index is 6.07. The molecule has 12 heteroatoms. The number of thiazole rings is 2. The number of nitrogens with zero attached hydrogens (tertiary/aromatic N) is 4. The minimum absolute atomic E-state index is 0.125. The molecule has 0 N–H and O–H groups in total. The third-order valence-corrected chi connectivity index (χ3v) is 18.4. The third kappa shape index (κ3) is 8.49. The molecule has 0 fully saturated rings. The van der Waals surface area contributed by atoms with Gasteiger partial charge in [-0.1, -0.05) is 145 Å². The molecule has 4 heterocycles. The van der Waals surface area contributed by atoms with Crippen molar-refractivity contribution < 1.29 is 0 Å². The fourth-order valence-corrected chi connectivity index (χ4v) is 16.2. The number of rotatable bonds is 9. The van der Waals surface area contributed by atoms with Gasteiger partial charge in [0.1, 0.15) is 18.8 Å². The molecule has 0 radical (unpaired) electrons. The number of benzene rings is 6. The van der Waals surface area contributed by atoms with Gasteiger partial charge < -0.3 is 0 Å². The van der Waals surface area contributed by atoms with Gasteiger partial charge in [-0.3, -0.25) is 9.13 Å². The summed E-state index contributed by atoms with van der Waals surface area (Å²) in [6, 6.07) is 59.6. The van der Waals surface area contributed by atoms with Crippen molar-refractivity contribution >= 4 is 114 Å². The van der Waals surface area contributed by atoms with Crippen molar-refractivity contribution in [1.29, 1.82) is 0 Å². The van der Waals surface area contributed by atoms with Crippen LogP contribution in [0.25, 0.3) is 11.4 Å². The molecular formula is C48H34N4S8. The van der Waals surface area contributed by atoms with E-state index in [4.69, 9.17) is 34.4 Å². The highest BCUT2D eigenvalue weighted by atomic mass is 32.2. The summed E-state index contributed by atoms with van der Waals surface area (Å²) < 4.78 is 8.21. The summed E-state index contributed by atoms with van der Waals surface area (Å²) in [6.07, 6.45) is 1.86. The number of aliphatic imine (C=N–C) groups is 2. The molecule has 0 bridgehead atoms. The van der Waals surface area contributed by atoms with Crippen molar-refractivity contribution in [1.82, 2.24) is 9.13 Å². The normalized spacial score (nSPS) is 17.4. The zero-order chi connectivity index (χ0) is 40.4. The average molecular weight is 923 g/mol. The summed E-state index contributed by atoms with van der Waals surface area (Å²) in [6.45, 7) is 0. The van der Waals surface area contributed by atoms with Gasteiger partial charge in [0.2, 0.25) is 0 Å². The summed E-state index contributed by atoms with van der Waals surface area (Å²) in [5.41, 5.74) is 9.15. The molecule has 8 aromatic rings. The number of thioether (sulfide) groups is 4. The highest BCUT2D eigenvalue weighted by Crippen LogP contribution is 2.54. The standard InChI is InChI=1S/C48H34N4S8/c53-47-51(43-41(57-47)39(33-13-5-1-6-14-33)55-45(59-43)49-35-17-9-3-10-18-35)37-27-23-31(24-28-37)21-22-32-25-29-38(30-26-32)52-44-42(58-48(52)54)40(34-15-7-2-8-16-34)56-46(60-44)50-36-19-11-4-12-20-36/h1-20,23-30,39-40H,21-22H2/t39-,40-/m1/s1. The lowest BCUT2D eigenvalue weighted by molar-refractivity contribution is 0.904. The lowest BCUT2D eigenvalue weighted by Gasteiger charge is -2.24. The molecule has 294 valence electrons. The number of para-hydroxylation sites is 2. The van der Waals surface area contributed by atoms with Crippen LogP contribution in [-0.2, 0) is 12.8 Å². The topological polar surface area (TPSA) is 34.6 Å². The quantitative estimate of drug-likeness (QED) is 0.134. The first-order chi connectivity index (χ1) is 29.5. The summed E-state index contributed by atoms with van der Waals surface area (Å²) in [5, 5.41) is 2.55. The number of aromatic nitrogens is 2. The molecule has 2 atom stereocenters. The molecule has 0 saturated heterocycles. The highest BCUT2D eigenvalue weighted by molar-refractivity contribution is 8.40. The second-order valence-corrected chi connectivity index (χ2v) is 22.0. The smallest absolute Gasteiger partial charge is 0.166 e. The Balaban J connectivity index is 0.882. The van der Waals surface area contributed by atoms with Crippen LogP contribution < -0.4 is 0 Å². The van der Waals surface area contributed by atoms with E-state index in [-0.39, 0.29) is 10.5 Å². The van der Waals surface area contributed by atoms with E-state index in [2.05, 4.69) is 143 Å². The first kappa shape index (κ1) is 39.9. The number of fused-ring (bicyclic) bond motifs is 2. The molecule has 0 unspecified atom stereocenters. The van der Waals surface area contributed by atoms with Crippen LogP contribution in [0.5, 0.6) is 0 Å². The van der Waals surface area contributed by atoms with E-state index in [1.54, 1.807) is 69.7 Å². The van der Waals surface area contributed by atoms with Gasteiger partial charge in [-0.05, 0) is 132 Å². The molecule has 6 aromatic carbocycles. The van der Waals surface area contributed by atoms with Crippen LogP contribution in [0.15, 0.2) is 190 Å². The summed E-state index contributed by atoms with van der Waals surface area (Å²) in [7, 11) is 0. The van der Waals surface area contributed by atoms with Gasteiger partial charge in [0, 0.05) is 11.4 Å². The molecule has 2 aliphatic heterocycles. The first-order valence-electron chi connectivity index (χ1n) is 19.3. The molecular weight excluding hydrogens is 889 g/mol. The Labute approximate surface area is 384 Å². The Kier molecular flexibility index (Phi) is 12.0. The highest BCUT2D eigenvalue weighted by Gasteiger charge is 2.34. The Bertz CT molecular complexity index is 2750. The average Bonchev–Trinajstić information content (AvgIpc) is 3.81. The molecule has 4 nitrogen and oxygen atoms in total. The Morgan fingerprint density at radius 2 is 0.783 bits per heavy atom. The second kappa shape index (κ2) is 18.0. The summed E-state index contributed by atoms with van der Waals surface area (Å²) >= 11 is 22.6. The van der Waals surface area contributed by atoms with Crippen LogP contribution in [0.4, 0.5) is 11.4 Å². The minimum atomic E-state index is 0.125. The van der Waals surface area contributed by atoms with Crippen LogP contribution >= 0.6 is 94.2 Å². The van der Waals surface area contributed by atoms with Crippen LogP contribution in [0.3, 0.4) is 0 Å². The third-order valence-electron chi connectivity index (χ3n) is 10.1. The maximum atomic E-state index is 6.07.